The smallest absolute Gasteiger partial charge is 0.257 e. The first kappa shape index (κ1) is 18.0. The van der Waals surface area contributed by atoms with Gasteiger partial charge in [0.1, 0.15) is 5.01 Å². The molecule has 1 aliphatic heterocycles. The lowest BCUT2D eigenvalue weighted by Crippen LogP contribution is -2.20. The number of fused-ring (bicyclic) bond motifs is 2. The van der Waals surface area contributed by atoms with Crippen LogP contribution in [0.4, 0.5) is 10.3 Å². The summed E-state index contributed by atoms with van der Waals surface area (Å²) < 4.78 is 10.6. The van der Waals surface area contributed by atoms with Crippen molar-refractivity contribution in [2.24, 2.45) is 0 Å². The summed E-state index contributed by atoms with van der Waals surface area (Å²) in [6.07, 6.45) is 1.44. The van der Waals surface area contributed by atoms with Gasteiger partial charge in [0.05, 0.1) is 11.6 Å². The zero-order valence-electron chi connectivity index (χ0n) is 15.2. The number of rotatable bonds is 4. The van der Waals surface area contributed by atoms with Gasteiger partial charge in [-0.2, -0.15) is 0 Å². The summed E-state index contributed by atoms with van der Waals surface area (Å²) in [7, 11) is 0. The Balaban J connectivity index is 1.29. The molecule has 0 saturated carbocycles. The van der Waals surface area contributed by atoms with Crippen LogP contribution in [0.15, 0.2) is 18.2 Å². The Kier molecular flexibility index (Phi) is 4.40. The molecule has 5 rings (SSSR count). The maximum absolute atomic E-state index is 12.6. The van der Waals surface area contributed by atoms with E-state index in [9.17, 15) is 9.59 Å². The number of anilines is 2. The van der Waals surface area contributed by atoms with Crippen LogP contribution in [0.3, 0.4) is 0 Å². The molecule has 0 bridgehead atoms. The van der Waals surface area contributed by atoms with Gasteiger partial charge in [-0.3, -0.25) is 20.2 Å². The first-order valence-corrected chi connectivity index (χ1v) is 10.5. The van der Waals surface area contributed by atoms with Crippen LogP contribution in [-0.2, 0) is 11.2 Å². The van der Waals surface area contributed by atoms with Crippen LogP contribution >= 0.6 is 22.7 Å². The van der Waals surface area contributed by atoms with Gasteiger partial charge in [-0.15, -0.1) is 21.5 Å². The fraction of sp³-hybridized carbons (Fsp3) is 0.278. The first-order valence-electron chi connectivity index (χ1n) is 8.88. The number of benzene rings is 1. The number of amides is 2. The molecule has 2 aliphatic rings. The van der Waals surface area contributed by atoms with Crippen LogP contribution in [0.5, 0.6) is 11.5 Å². The standard InChI is InChI=1S/C18H15N5O4S2/c1-8-22-23-18(28-8)21-16(25)10-3-5-13-14(10)19-17(29-13)20-15(24)9-2-4-11-12(6-9)27-7-26-11/h2,4,6,10H,3,5,7H2,1H3,(H,19,20,24)(H,21,23,25). The van der Waals surface area contributed by atoms with Crippen LogP contribution in [0.2, 0.25) is 0 Å². The summed E-state index contributed by atoms with van der Waals surface area (Å²) in [6.45, 7) is 1.98. The highest BCUT2D eigenvalue weighted by atomic mass is 32.1. The van der Waals surface area contributed by atoms with E-state index < -0.39 is 0 Å². The summed E-state index contributed by atoms with van der Waals surface area (Å²) >= 11 is 2.73. The van der Waals surface area contributed by atoms with E-state index in [1.54, 1.807) is 18.2 Å². The summed E-state index contributed by atoms with van der Waals surface area (Å²) in [5.41, 5.74) is 1.17. The van der Waals surface area contributed by atoms with Gasteiger partial charge in [0, 0.05) is 10.4 Å². The van der Waals surface area contributed by atoms with E-state index in [0.29, 0.717) is 33.7 Å². The Labute approximate surface area is 173 Å². The third kappa shape index (κ3) is 3.42. The number of aryl methyl sites for hydroxylation is 2. The quantitative estimate of drug-likeness (QED) is 0.655. The SMILES string of the molecule is Cc1nnc(NC(=O)C2CCc3sc(NC(=O)c4ccc5c(c4)OCO5)nc32)s1. The largest absolute Gasteiger partial charge is 0.454 e. The second-order valence-corrected chi connectivity index (χ2v) is 8.82. The molecular weight excluding hydrogens is 414 g/mol. The number of ether oxygens (including phenoxy) is 2. The monoisotopic (exact) mass is 429 g/mol. The third-order valence-electron chi connectivity index (χ3n) is 4.65. The molecule has 1 aliphatic carbocycles. The molecule has 0 radical (unpaired) electrons. The predicted octanol–water partition coefficient (Wildman–Crippen LogP) is 2.95. The molecule has 148 valence electrons. The van der Waals surface area contributed by atoms with E-state index in [1.165, 1.54) is 22.7 Å². The van der Waals surface area contributed by atoms with Gasteiger partial charge >= 0.3 is 0 Å². The predicted molar refractivity (Wildman–Crippen MR) is 107 cm³/mol. The van der Waals surface area contributed by atoms with Crippen LogP contribution < -0.4 is 20.1 Å². The normalized spacial score (nSPS) is 16.5. The van der Waals surface area contributed by atoms with Gasteiger partial charge in [-0.05, 0) is 38.0 Å². The summed E-state index contributed by atoms with van der Waals surface area (Å²) in [5, 5.41) is 15.2. The molecule has 0 spiro atoms. The molecule has 2 N–H and O–H groups in total. The zero-order chi connectivity index (χ0) is 20.0. The molecule has 3 aromatic rings. The molecule has 3 heterocycles. The van der Waals surface area contributed by atoms with Gasteiger partial charge < -0.3 is 9.47 Å². The topological polar surface area (TPSA) is 115 Å². The second-order valence-electron chi connectivity index (χ2n) is 6.56. The molecule has 9 nitrogen and oxygen atoms in total. The molecular formula is C18H15N5O4S2. The lowest BCUT2D eigenvalue weighted by Gasteiger charge is -2.08. The van der Waals surface area contributed by atoms with Gasteiger partial charge in [0.25, 0.3) is 5.91 Å². The Hall–Kier alpha value is -3.05. The zero-order valence-corrected chi connectivity index (χ0v) is 16.9. The van der Waals surface area contributed by atoms with Crippen LogP contribution in [0, 0.1) is 6.92 Å². The number of carbonyl (C=O) groups is 2. The van der Waals surface area contributed by atoms with Crippen molar-refractivity contribution in [3.8, 4) is 11.5 Å². The van der Waals surface area contributed by atoms with Crippen molar-refractivity contribution in [2.45, 2.75) is 25.7 Å². The summed E-state index contributed by atoms with van der Waals surface area (Å²) in [5.74, 6) is 0.360. The highest BCUT2D eigenvalue weighted by Crippen LogP contribution is 2.39. The average molecular weight is 429 g/mol. The summed E-state index contributed by atoms with van der Waals surface area (Å²) in [6, 6.07) is 5.01. The van der Waals surface area contributed by atoms with Crippen LogP contribution in [-0.4, -0.2) is 33.8 Å². The van der Waals surface area contributed by atoms with Gasteiger partial charge in [-0.25, -0.2) is 4.98 Å². The number of nitrogens with one attached hydrogen (secondary N) is 2. The van der Waals surface area contributed by atoms with Crippen molar-refractivity contribution < 1.29 is 19.1 Å². The fourth-order valence-electron chi connectivity index (χ4n) is 3.28. The molecule has 1 unspecified atom stereocenters. The van der Waals surface area contributed by atoms with Crippen molar-refractivity contribution in [2.75, 3.05) is 17.4 Å². The molecule has 2 aromatic heterocycles. The highest BCUT2D eigenvalue weighted by Gasteiger charge is 2.33. The second kappa shape index (κ2) is 7.08. The maximum Gasteiger partial charge on any atom is 0.257 e. The van der Waals surface area contributed by atoms with E-state index in [4.69, 9.17) is 9.47 Å². The Morgan fingerprint density at radius 1 is 1.10 bits per heavy atom. The minimum absolute atomic E-state index is 0.152. The van der Waals surface area contributed by atoms with Crippen molar-refractivity contribution in [1.29, 1.82) is 0 Å². The first-order chi connectivity index (χ1) is 14.1. The molecule has 0 saturated heterocycles. The van der Waals surface area contributed by atoms with Gasteiger partial charge in [0.2, 0.25) is 17.8 Å². The average Bonchev–Trinajstić information content (AvgIpc) is 3.45. The lowest BCUT2D eigenvalue weighted by atomic mass is 10.1. The number of nitrogens with zero attached hydrogens (tertiary/aromatic N) is 3. The van der Waals surface area contributed by atoms with Crippen LogP contribution in [0.25, 0.3) is 0 Å². The molecule has 29 heavy (non-hydrogen) atoms. The molecule has 1 aromatic carbocycles. The highest BCUT2D eigenvalue weighted by molar-refractivity contribution is 7.16. The van der Waals surface area contributed by atoms with Gasteiger partial charge in [0.15, 0.2) is 16.6 Å². The Bertz CT molecular complexity index is 1130. The number of carbonyl (C=O) groups excluding carboxylic acids is 2. The third-order valence-corrected chi connectivity index (χ3v) is 6.45. The number of thiazole rings is 1. The molecule has 0 fully saturated rings. The van der Waals surface area contributed by atoms with E-state index in [1.807, 2.05) is 6.92 Å². The van der Waals surface area contributed by atoms with Crippen molar-refractivity contribution >= 4 is 44.8 Å². The minimum Gasteiger partial charge on any atom is -0.454 e. The van der Waals surface area contributed by atoms with Crippen molar-refractivity contribution in [3.63, 3.8) is 0 Å². The number of hydrogen-bond donors (Lipinski definition) is 2. The van der Waals surface area contributed by atoms with Crippen molar-refractivity contribution in [3.05, 3.63) is 39.3 Å². The molecule has 2 amide bonds. The van der Waals surface area contributed by atoms with Crippen molar-refractivity contribution in [1.82, 2.24) is 15.2 Å². The maximum atomic E-state index is 12.6. The number of hydrogen-bond acceptors (Lipinski definition) is 9. The number of aromatic nitrogens is 3. The fourth-order valence-corrected chi connectivity index (χ4v) is 4.91. The van der Waals surface area contributed by atoms with E-state index in [-0.39, 0.29) is 24.5 Å². The van der Waals surface area contributed by atoms with E-state index in [2.05, 4.69) is 25.8 Å². The van der Waals surface area contributed by atoms with Gasteiger partial charge in [-0.1, -0.05) is 11.3 Å². The molecule has 1 atom stereocenters. The summed E-state index contributed by atoms with van der Waals surface area (Å²) in [4.78, 5) is 30.7. The van der Waals surface area contributed by atoms with Crippen LogP contribution in [0.1, 0.15) is 38.3 Å². The Morgan fingerprint density at radius 3 is 2.79 bits per heavy atom. The van der Waals surface area contributed by atoms with E-state index >= 15 is 0 Å². The lowest BCUT2D eigenvalue weighted by molar-refractivity contribution is -0.117. The van der Waals surface area contributed by atoms with E-state index in [0.717, 1.165) is 22.0 Å². The Morgan fingerprint density at radius 2 is 1.97 bits per heavy atom. The molecule has 11 heteroatoms. The minimum atomic E-state index is -0.360.